The van der Waals surface area contributed by atoms with Gasteiger partial charge in [-0.15, -0.1) is 16.8 Å². The van der Waals surface area contributed by atoms with Crippen LogP contribution < -0.4 is 15.6 Å². The molecule has 1 amide bonds. The summed E-state index contributed by atoms with van der Waals surface area (Å²) in [7, 11) is 1.64. The predicted molar refractivity (Wildman–Crippen MR) is 130 cm³/mol. The molecule has 0 unspecified atom stereocenters. The third-order valence-electron chi connectivity index (χ3n) is 5.27. The van der Waals surface area contributed by atoms with Crippen molar-refractivity contribution in [3.8, 4) is 5.75 Å². The van der Waals surface area contributed by atoms with Crippen molar-refractivity contribution in [2.45, 2.75) is 25.0 Å². The Morgan fingerprint density at radius 2 is 2.06 bits per heavy atom. The van der Waals surface area contributed by atoms with Crippen molar-refractivity contribution in [3.63, 3.8) is 0 Å². The average Bonchev–Trinajstić information content (AvgIpc) is 3.24. The number of ether oxygens (including phenoxy) is 1. The van der Waals surface area contributed by atoms with Gasteiger partial charge in [-0.25, -0.2) is 0 Å². The number of hydrogen-bond acceptors (Lipinski definition) is 6. The van der Waals surface area contributed by atoms with Crippen molar-refractivity contribution in [2.24, 2.45) is 0 Å². The Hall–Kier alpha value is -3.59. The summed E-state index contributed by atoms with van der Waals surface area (Å²) >= 11 is 1.28. The molecule has 0 fully saturated rings. The summed E-state index contributed by atoms with van der Waals surface area (Å²) in [6.07, 6.45) is 2.32. The molecule has 0 atom stereocenters. The van der Waals surface area contributed by atoms with E-state index in [-0.39, 0.29) is 17.2 Å². The maximum absolute atomic E-state index is 12.9. The molecule has 9 heteroatoms. The number of hydrogen-bond donors (Lipinski definition) is 1. The number of aromatic nitrogens is 4. The molecule has 2 heterocycles. The monoisotopic (exact) mass is 463 g/mol. The quantitative estimate of drug-likeness (QED) is 0.303. The Morgan fingerprint density at radius 3 is 2.85 bits per heavy atom. The number of fused-ring (bicyclic) bond motifs is 3. The maximum Gasteiger partial charge on any atom is 0.263 e. The lowest BCUT2D eigenvalue weighted by molar-refractivity contribution is -0.118. The van der Waals surface area contributed by atoms with Crippen molar-refractivity contribution < 1.29 is 9.53 Å². The fourth-order valence-corrected chi connectivity index (χ4v) is 4.51. The Morgan fingerprint density at radius 1 is 1.24 bits per heavy atom. The first-order valence-electron chi connectivity index (χ1n) is 10.5. The molecule has 1 N–H and O–H groups in total. The minimum atomic E-state index is -0.147. The molecular formula is C24H25N5O3S. The van der Waals surface area contributed by atoms with Gasteiger partial charge < -0.3 is 10.1 Å². The Kier molecular flexibility index (Phi) is 6.79. The molecule has 0 aliphatic carbocycles. The van der Waals surface area contributed by atoms with Crippen LogP contribution >= 0.6 is 11.8 Å². The van der Waals surface area contributed by atoms with Crippen LogP contribution in [-0.2, 0) is 17.8 Å². The molecule has 0 saturated carbocycles. The molecule has 0 spiro atoms. The van der Waals surface area contributed by atoms with Crippen LogP contribution in [0.3, 0.4) is 0 Å². The van der Waals surface area contributed by atoms with Gasteiger partial charge in [-0.05, 0) is 37.1 Å². The summed E-state index contributed by atoms with van der Waals surface area (Å²) < 4.78 is 8.75. The number of rotatable bonds is 9. The number of aryl methyl sites for hydroxylation is 1. The SMILES string of the molecule is C=CCn1c(=O)c2ccccc2n2c(SCC(=O)NCCc3cc(C)ccc3OC)nnc12. The van der Waals surface area contributed by atoms with Gasteiger partial charge in [0.1, 0.15) is 5.75 Å². The fourth-order valence-electron chi connectivity index (χ4n) is 3.74. The summed E-state index contributed by atoms with van der Waals surface area (Å²) in [6.45, 7) is 6.58. The highest BCUT2D eigenvalue weighted by Crippen LogP contribution is 2.22. The van der Waals surface area contributed by atoms with E-state index >= 15 is 0 Å². The van der Waals surface area contributed by atoms with Gasteiger partial charge in [0.25, 0.3) is 5.56 Å². The second kappa shape index (κ2) is 9.91. The van der Waals surface area contributed by atoms with Crippen molar-refractivity contribution >= 4 is 34.3 Å². The number of para-hydroxylation sites is 1. The molecule has 4 aromatic rings. The van der Waals surface area contributed by atoms with Gasteiger partial charge in [0, 0.05) is 13.1 Å². The van der Waals surface area contributed by atoms with Crippen molar-refractivity contribution in [1.82, 2.24) is 24.5 Å². The van der Waals surface area contributed by atoms with Gasteiger partial charge >= 0.3 is 0 Å². The second-order valence-electron chi connectivity index (χ2n) is 7.54. The van der Waals surface area contributed by atoms with E-state index in [1.54, 1.807) is 19.3 Å². The molecular weight excluding hydrogens is 438 g/mol. The summed E-state index contributed by atoms with van der Waals surface area (Å²) in [5.74, 6) is 1.32. The molecule has 170 valence electrons. The van der Waals surface area contributed by atoms with Gasteiger partial charge in [-0.1, -0.05) is 47.7 Å². The van der Waals surface area contributed by atoms with Gasteiger partial charge in [-0.2, -0.15) is 0 Å². The van der Waals surface area contributed by atoms with Gasteiger partial charge in [0.05, 0.1) is 23.8 Å². The fraction of sp³-hybridized carbons (Fsp3) is 0.250. The largest absolute Gasteiger partial charge is 0.496 e. The van der Waals surface area contributed by atoms with E-state index < -0.39 is 0 Å². The number of thioether (sulfide) groups is 1. The second-order valence-corrected chi connectivity index (χ2v) is 8.49. The van der Waals surface area contributed by atoms with Crippen molar-refractivity contribution in [2.75, 3.05) is 19.4 Å². The number of allylic oxidation sites excluding steroid dienone is 1. The summed E-state index contributed by atoms with van der Waals surface area (Å²) in [4.78, 5) is 25.3. The van der Waals surface area contributed by atoms with Crippen LogP contribution in [0.25, 0.3) is 16.7 Å². The molecule has 33 heavy (non-hydrogen) atoms. The highest BCUT2D eigenvalue weighted by atomic mass is 32.2. The van der Waals surface area contributed by atoms with Crippen LogP contribution in [0.2, 0.25) is 0 Å². The maximum atomic E-state index is 12.9. The number of nitrogens with one attached hydrogen (secondary N) is 1. The lowest BCUT2D eigenvalue weighted by Gasteiger charge is -2.11. The molecule has 0 radical (unpaired) electrons. The molecule has 0 bridgehead atoms. The van der Waals surface area contributed by atoms with Crippen LogP contribution in [-0.4, -0.2) is 44.5 Å². The molecule has 0 aliphatic heterocycles. The summed E-state index contributed by atoms with van der Waals surface area (Å²) in [6, 6.07) is 13.3. The minimum Gasteiger partial charge on any atom is -0.496 e. The van der Waals surface area contributed by atoms with Gasteiger partial charge in [0.2, 0.25) is 11.7 Å². The number of nitrogens with zero attached hydrogens (tertiary/aromatic N) is 4. The third kappa shape index (κ3) is 4.63. The van der Waals surface area contributed by atoms with E-state index in [9.17, 15) is 9.59 Å². The summed E-state index contributed by atoms with van der Waals surface area (Å²) in [5.41, 5.74) is 2.76. The first-order chi connectivity index (χ1) is 16.0. The zero-order chi connectivity index (χ0) is 23.4. The zero-order valence-electron chi connectivity index (χ0n) is 18.6. The molecule has 0 aliphatic rings. The molecule has 2 aromatic heterocycles. The normalized spacial score (nSPS) is 11.1. The molecule has 4 rings (SSSR count). The minimum absolute atomic E-state index is 0.105. The first kappa shape index (κ1) is 22.6. The van der Waals surface area contributed by atoms with E-state index in [1.807, 2.05) is 41.7 Å². The van der Waals surface area contributed by atoms with Crippen molar-refractivity contribution in [3.05, 3.63) is 76.6 Å². The van der Waals surface area contributed by atoms with E-state index in [2.05, 4.69) is 28.2 Å². The Labute approximate surface area is 195 Å². The number of amides is 1. The number of methoxy groups -OCH3 is 1. The van der Waals surface area contributed by atoms with Gasteiger partial charge in [-0.3, -0.25) is 18.6 Å². The van der Waals surface area contributed by atoms with E-state index in [0.717, 1.165) is 16.9 Å². The lowest BCUT2D eigenvalue weighted by Crippen LogP contribution is -2.27. The number of carbonyl (C=O) groups excluding carboxylic acids is 1. The van der Waals surface area contributed by atoms with Gasteiger partial charge in [0.15, 0.2) is 5.16 Å². The molecule has 2 aromatic carbocycles. The molecule has 0 saturated heterocycles. The van der Waals surface area contributed by atoms with Crippen LogP contribution in [0, 0.1) is 6.92 Å². The number of carbonyl (C=O) groups is 1. The average molecular weight is 464 g/mol. The van der Waals surface area contributed by atoms with Crippen LogP contribution in [0.15, 0.2) is 65.1 Å². The molecule has 8 nitrogen and oxygen atoms in total. The summed E-state index contributed by atoms with van der Waals surface area (Å²) in [5, 5.41) is 12.5. The van der Waals surface area contributed by atoms with E-state index in [0.29, 0.717) is 41.3 Å². The zero-order valence-corrected chi connectivity index (χ0v) is 19.4. The smallest absolute Gasteiger partial charge is 0.263 e. The van der Waals surface area contributed by atoms with E-state index in [4.69, 9.17) is 4.74 Å². The predicted octanol–water partition coefficient (Wildman–Crippen LogP) is 3.00. The van der Waals surface area contributed by atoms with Crippen molar-refractivity contribution in [1.29, 1.82) is 0 Å². The van der Waals surface area contributed by atoms with Crippen LogP contribution in [0.4, 0.5) is 0 Å². The standard InChI is InChI=1S/C24H25N5O3S/c1-4-13-28-22(31)18-7-5-6-8-19(18)29-23(28)26-27-24(29)33-15-21(30)25-12-11-17-14-16(2)9-10-20(17)32-3/h4-10,14H,1,11-13,15H2,2-3H3,(H,25,30). The first-order valence-corrected chi connectivity index (χ1v) is 11.5. The Balaban J connectivity index is 1.49. The van der Waals surface area contributed by atoms with E-state index in [1.165, 1.54) is 16.3 Å². The number of benzene rings is 2. The highest BCUT2D eigenvalue weighted by Gasteiger charge is 2.17. The third-order valence-corrected chi connectivity index (χ3v) is 6.20. The highest BCUT2D eigenvalue weighted by molar-refractivity contribution is 7.99. The lowest BCUT2D eigenvalue weighted by atomic mass is 10.1. The van der Waals surface area contributed by atoms with Crippen LogP contribution in [0.1, 0.15) is 11.1 Å². The van der Waals surface area contributed by atoms with Crippen LogP contribution in [0.5, 0.6) is 5.75 Å². The Bertz CT molecular complexity index is 1390. The topological polar surface area (TPSA) is 90.5 Å².